The van der Waals surface area contributed by atoms with Crippen LogP contribution in [0.25, 0.3) is 22.0 Å². The van der Waals surface area contributed by atoms with Crippen LogP contribution in [0.15, 0.2) is 70.4 Å². The lowest BCUT2D eigenvalue weighted by Crippen LogP contribution is -2.36. The summed E-state index contributed by atoms with van der Waals surface area (Å²) in [6, 6.07) is 18.2. The number of furan rings is 1. The second-order valence-electron chi connectivity index (χ2n) is 8.52. The van der Waals surface area contributed by atoms with Crippen molar-refractivity contribution in [3.05, 3.63) is 66.4 Å². The molecule has 176 valence electrons. The predicted octanol–water partition coefficient (Wildman–Crippen LogP) is 5.58. The van der Waals surface area contributed by atoms with Crippen LogP contribution in [0.4, 0.5) is 11.4 Å². The molecule has 0 saturated carbocycles. The molecule has 4 aromatic rings. The molecule has 0 unspecified atom stereocenters. The third kappa shape index (κ3) is 5.21. The Morgan fingerprint density at radius 1 is 1.03 bits per heavy atom. The van der Waals surface area contributed by atoms with Gasteiger partial charge in [-0.2, -0.15) is 0 Å². The van der Waals surface area contributed by atoms with Crippen LogP contribution in [-0.4, -0.2) is 55.1 Å². The molecule has 1 saturated heterocycles. The lowest BCUT2D eigenvalue weighted by atomic mass is 10.1. The molecule has 1 fully saturated rings. The first kappa shape index (κ1) is 22.4. The fraction of sp³-hybridized carbons (Fsp3) is 0.333. The van der Waals surface area contributed by atoms with Gasteiger partial charge in [0.05, 0.1) is 41.8 Å². The van der Waals surface area contributed by atoms with E-state index in [4.69, 9.17) is 14.0 Å². The number of morpholine rings is 1. The Kier molecular flexibility index (Phi) is 7.02. The third-order valence-corrected chi connectivity index (χ3v) is 6.15. The molecule has 0 spiro atoms. The molecule has 7 heteroatoms. The largest absolute Gasteiger partial charge is 0.446 e. The van der Waals surface area contributed by atoms with E-state index in [1.807, 2.05) is 31.2 Å². The number of oxime groups is 1. The highest BCUT2D eigenvalue weighted by molar-refractivity contribution is 6.07. The average molecular weight is 459 g/mol. The van der Waals surface area contributed by atoms with E-state index in [-0.39, 0.29) is 0 Å². The number of hydrogen-bond donors (Lipinski definition) is 1. The first-order chi connectivity index (χ1) is 16.8. The number of para-hydroxylation sites is 1. The maximum absolute atomic E-state index is 5.56. The molecule has 0 atom stereocenters. The number of anilines is 2. The Labute approximate surface area is 199 Å². The number of fused-ring (bicyclic) bond motifs is 2. The summed E-state index contributed by atoms with van der Waals surface area (Å²) in [7, 11) is 0. The predicted molar refractivity (Wildman–Crippen MR) is 136 cm³/mol. The van der Waals surface area contributed by atoms with Gasteiger partial charge < -0.3 is 19.3 Å². The van der Waals surface area contributed by atoms with Gasteiger partial charge in [0.15, 0.2) is 0 Å². The molecule has 0 amide bonds. The Morgan fingerprint density at radius 2 is 1.85 bits per heavy atom. The van der Waals surface area contributed by atoms with E-state index >= 15 is 0 Å². The molecule has 1 aliphatic heterocycles. The molecule has 0 radical (unpaired) electrons. The minimum atomic E-state index is 0.628. The summed E-state index contributed by atoms with van der Waals surface area (Å²) >= 11 is 0. The number of aromatic nitrogens is 1. The monoisotopic (exact) mass is 458 g/mol. The Morgan fingerprint density at radius 3 is 2.71 bits per heavy atom. The summed E-state index contributed by atoms with van der Waals surface area (Å²) in [5.74, 6) is 0. The van der Waals surface area contributed by atoms with Gasteiger partial charge in [0.1, 0.15) is 6.61 Å². The number of nitrogens with one attached hydrogen (secondary N) is 1. The van der Waals surface area contributed by atoms with Crippen LogP contribution in [0.1, 0.15) is 25.3 Å². The van der Waals surface area contributed by atoms with Crippen molar-refractivity contribution >= 4 is 39.1 Å². The molecular weight excluding hydrogens is 428 g/mol. The number of ether oxygens (including phenoxy) is 1. The van der Waals surface area contributed by atoms with Gasteiger partial charge >= 0.3 is 0 Å². The van der Waals surface area contributed by atoms with Crippen LogP contribution < -0.4 is 5.32 Å². The van der Waals surface area contributed by atoms with Crippen molar-refractivity contribution in [1.29, 1.82) is 0 Å². The van der Waals surface area contributed by atoms with Crippen LogP contribution in [0.3, 0.4) is 0 Å². The highest BCUT2D eigenvalue weighted by atomic mass is 16.6. The SMILES string of the molecule is C/C(=N\OCCCCN1CCOCC1)c1ccc(Nc2c3ccccc3nc3occc23)cc1. The second kappa shape index (κ2) is 10.7. The zero-order valence-electron chi connectivity index (χ0n) is 19.5. The van der Waals surface area contributed by atoms with Gasteiger partial charge in [-0.3, -0.25) is 4.90 Å². The number of nitrogens with zero attached hydrogens (tertiary/aromatic N) is 3. The van der Waals surface area contributed by atoms with E-state index in [1.54, 1.807) is 6.26 Å². The Hall–Kier alpha value is -3.42. The fourth-order valence-corrected chi connectivity index (χ4v) is 4.21. The normalized spacial score (nSPS) is 15.1. The summed E-state index contributed by atoms with van der Waals surface area (Å²) in [5, 5.41) is 9.88. The Bertz CT molecular complexity index is 1260. The molecule has 2 aromatic heterocycles. The first-order valence-corrected chi connectivity index (χ1v) is 11.9. The van der Waals surface area contributed by atoms with Crippen LogP contribution in [-0.2, 0) is 9.57 Å². The quantitative estimate of drug-likeness (QED) is 0.201. The summed E-state index contributed by atoms with van der Waals surface area (Å²) in [6.45, 7) is 7.48. The van der Waals surface area contributed by atoms with E-state index < -0.39 is 0 Å². The van der Waals surface area contributed by atoms with Gasteiger partial charge in [-0.05, 0) is 56.1 Å². The zero-order valence-corrected chi connectivity index (χ0v) is 19.5. The zero-order chi connectivity index (χ0) is 23.2. The Balaban J connectivity index is 1.18. The standard InChI is InChI=1S/C27H30N4O3/c1-20(30-34-16-5-4-13-31-14-18-32-19-15-31)21-8-10-22(11-9-21)28-26-23-6-2-3-7-25(23)29-27-24(26)12-17-33-27/h2-3,6-12,17H,4-5,13-16,18-19H2,1H3,(H,28,29)/b30-20+. The summed E-state index contributed by atoms with van der Waals surface area (Å²) in [5.41, 5.74) is 5.41. The van der Waals surface area contributed by atoms with E-state index in [0.717, 1.165) is 84.6 Å². The van der Waals surface area contributed by atoms with Crippen molar-refractivity contribution in [2.24, 2.45) is 5.16 Å². The van der Waals surface area contributed by atoms with Gasteiger partial charge in [-0.15, -0.1) is 0 Å². The number of hydrogen-bond acceptors (Lipinski definition) is 7. The van der Waals surface area contributed by atoms with Crippen molar-refractivity contribution in [2.75, 3.05) is 44.8 Å². The maximum Gasteiger partial charge on any atom is 0.228 e. The number of pyridine rings is 1. The first-order valence-electron chi connectivity index (χ1n) is 11.9. The summed E-state index contributed by atoms with van der Waals surface area (Å²) < 4.78 is 10.9. The number of rotatable bonds is 9. The van der Waals surface area contributed by atoms with Gasteiger partial charge in [-0.1, -0.05) is 35.5 Å². The van der Waals surface area contributed by atoms with E-state index in [2.05, 4.69) is 50.7 Å². The van der Waals surface area contributed by atoms with E-state index in [9.17, 15) is 0 Å². The smallest absolute Gasteiger partial charge is 0.228 e. The van der Waals surface area contributed by atoms with Crippen molar-refractivity contribution < 1.29 is 14.0 Å². The van der Waals surface area contributed by atoms with Gasteiger partial charge in [0.2, 0.25) is 5.71 Å². The number of benzene rings is 2. The summed E-state index contributed by atoms with van der Waals surface area (Å²) in [4.78, 5) is 12.6. The van der Waals surface area contributed by atoms with Gasteiger partial charge in [0.25, 0.3) is 0 Å². The van der Waals surface area contributed by atoms with Crippen molar-refractivity contribution in [3.63, 3.8) is 0 Å². The topological polar surface area (TPSA) is 72.1 Å². The van der Waals surface area contributed by atoms with E-state index in [0.29, 0.717) is 12.3 Å². The van der Waals surface area contributed by atoms with Crippen LogP contribution in [0, 0.1) is 0 Å². The highest BCUT2D eigenvalue weighted by Crippen LogP contribution is 2.33. The van der Waals surface area contributed by atoms with Crippen LogP contribution >= 0.6 is 0 Å². The number of unbranched alkanes of at least 4 members (excludes halogenated alkanes) is 1. The molecule has 34 heavy (non-hydrogen) atoms. The van der Waals surface area contributed by atoms with Crippen LogP contribution in [0.2, 0.25) is 0 Å². The summed E-state index contributed by atoms with van der Waals surface area (Å²) in [6.07, 6.45) is 3.79. The highest BCUT2D eigenvalue weighted by Gasteiger charge is 2.12. The molecule has 2 aromatic carbocycles. The molecular formula is C27H30N4O3. The second-order valence-corrected chi connectivity index (χ2v) is 8.52. The van der Waals surface area contributed by atoms with Gasteiger partial charge in [-0.25, -0.2) is 4.98 Å². The minimum Gasteiger partial charge on any atom is -0.446 e. The average Bonchev–Trinajstić information content (AvgIpc) is 3.35. The van der Waals surface area contributed by atoms with Crippen molar-refractivity contribution in [1.82, 2.24) is 9.88 Å². The molecule has 1 aliphatic rings. The molecule has 0 bridgehead atoms. The van der Waals surface area contributed by atoms with Crippen molar-refractivity contribution in [3.8, 4) is 0 Å². The van der Waals surface area contributed by atoms with Gasteiger partial charge in [0, 0.05) is 24.2 Å². The van der Waals surface area contributed by atoms with Crippen molar-refractivity contribution in [2.45, 2.75) is 19.8 Å². The molecule has 3 heterocycles. The fourth-order valence-electron chi connectivity index (χ4n) is 4.21. The maximum atomic E-state index is 5.56. The third-order valence-electron chi connectivity index (χ3n) is 6.15. The van der Waals surface area contributed by atoms with E-state index in [1.165, 1.54) is 0 Å². The lowest BCUT2D eigenvalue weighted by Gasteiger charge is -2.26. The molecule has 1 N–H and O–H groups in total. The molecule has 7 nitrogen and oxygen atoms in total. The molecule has 0 aliphatic carbocycles. The molecule has 5 rings (SSSR count). The van der Waals surface area contributed by atoms with Crippen LogP contribution in [0.5, 0.6) is 0 Å². The lowest BCUT2D eigenvalue weighted by molar-refractivity contribution is 0.0358. The minimum absolute atomic E-state index is 0.628.